The van der Waals surface area contributed by atoms with Gasteiger partial charge in [0.2, 0.25) is 0 Å². The van der Waals surface area contributed by atoms with Crippen molar-refractivity contribution in [2.75, 3.05) is 0 Å². The lowest BCUT2D eigenvalue weighted by Crippen LogP contribution is -2.31. The van der Waals surface area contributed by atoms with Crippen molar-refractivity contribution in [1.29, 1.82) is 0 Å². The number of allylic oxidation sites excluding steroid dienone is 1. The molecule has 0 aromatic heterocycles. The van der Waals surface area contributed by atoms with Crippen LogP contribution >= 0.6 is 12.6 Å². The van der Waals surface area contributed by atoms with Gasteiger partial charge in [-0.2, -0.15) is 12.6 Å². The van der Waals surface area contributed by atoms with E-state index in [0.29, 0.717) is 0 Å². The first-order chi connectivity index (χ1) is 5.96. The van der Waals surface area contributed by atoms with Gasteiger partial charge in [0.1, 0.15) is 4.75 Å². The van der Waals surface area contributed by atoms with Gasteiger partial charge in [-0.25, -0.2) is 4.79 Å². The van der Waals surface area contributed by atoms with Gasteiger partial charge in [-0.3, -0.25) is 4.79 Å². The minimum absolute atomic E-state index is 0. The number of carboxylic acids is 2. The molecule has 0 spiro atoms. The van der Waals surface area contributed by atoms with Crippen LogP contribution in [0.2, 0.25) is 0 Å². The van der Waals surface area contributed by atoms with E-state index in [1.165, 1.54) is 18.2 Å². The molecule has 1 aliphatic carbocycles. The van der Waals surface area contributed by atoms with Gasteiger partial charge in [0.25, 0.3) is 0 Å². The van der Waals surface area contributed by atoms with Crippen molar-refractivity contribution < 1.29 is 19.8 Å². The summed E-state index contributed by atoms with van der Waals surface area (Å²) in [5.41, 5.74) is 0.103. The highest BCUT2D eigenvalue weighted by Crippen LogP contribution is 2.27. The molecule has 0 aliphatic heterocycles. The fourth-order valence-corrected chi connectivity index (χ4v) is 1.11. The highest BCUT2D eigenvalue weighted by molar-refractivity contribution is 7.83. The number of aliphatic carboxylic acids is 2. The highest BCUT2D eigenvalue weighted by atomic mass is 32.1. The number of carboxylic acid groups (broad SMARTS) is 2. The number of rotatable bonds is 2. The van der Waals surface area contributed by atoms with Crippen molar-refractivity contribution in [3.8, 4) is 0 Å². The maximum Gasteiger partial charge on any atom is 0.335 e. The van der Waals surface area contributed by atoms with Crippen molar-refractivity contribution in [3.63, 3.8) is 0 Å². The molecule has 73 valence electrons. The van der Waals surface area contributed by atoms with Crippen molar-refractivity contribution in [2.45, 2.75) is 11.2 Å². The van der Waals surface area contributed by atoms with Crippen molar-refractivity contribution in [1.82, 2.24) is 0 Å². The molecule has 0 fully saturated rings. The third-order valence-electron chi connectivity index (χ3n) is 1.79. The highest BCUT2D eigenvalue weighted by Gasteiger charge is 2.32. The van der Waals surface area contributed by atoms with Gasteiger partial charge in [-0.1, -0.05) is 18.2 Å². The topological polar surface area (TPSA) is 74.6 Å². The van der Waals surface area contributed by atoms with Crippen molar-refractivity contribution >= 4 is 33.0 Å². The summed E-state index contributed by atoms with van der Waals surface area (Å²) in [6.07, 6.45) is 3.97. The molecule has 0 aromatic rings. The fourth-order valence-electron chi connectivity index (χ4n) is 0.946. The lowest BCUT2D eigenvalue weighted by molar-refractivity contribution is -0.138. The summed E-state index contributed by atoms with van der Waals surface area (Å²) in [4.78, 5) is 21.1. The van der Waals surface area contributed by atoms with Gasteiger partial charge in [0.05, 0.1) is 5.57 Å². The van der Waals surface area contributed by atoms with Gasteiger partial charge in [-0.15, -0.1) is 0 Å². The average molecular weight is 211 g/mol. The van der Waals surface area contributed by atoms with Gasteiger partial charge in [-0.05, 0) is 6.42 Å². The molecule has 1 rings (SSSR count). The van der Waals surface area contributed by atoms with Crippen LogP contribution in [0.1, 0.15) is 6.42 Å². The second kappa shape index (κ2) is 4.37. The SMILES string of the molecule is O=C(O)C1=CCC(S)(C(=O)O)C=C1.[B]. The molecular weight excluding hydrogens is 203 g/mol. The van der Waals surface area contributed by atoms with Gasteiger partial charge in [0, 0.05) is 8.41 Å². The Balaban J connectivity index is 0.00000169. The van der Waals surface area contributed by atoms with Gasteiger partial charge in [0.15, 0.2) is 0 Å². The molecule has 0 saturated carbocycles. The van der Waals surface area contributed by atoms with E-state index in [9.17, 15) is 9.59 Å². The van der Waals surface area contributed by atoms with Gasteiger partial charge < -0.3 is 10.2 Å². The Morgan fingerprint density at radius 2 is 2.00 bits per heavy atom. The fraction of sp³-hybridized carbons (Fsp3) is 0.250. The third kappa shape index (κ3) is 2.41. The zero-order valence-electron chi connectivity index (χ0n) is 7.17. The maximum absolute atomic E-state index is 10.6. The van der Waals surface area contributed by atoms with Crippen molar-refractivity contribution in [3.05, 3.63) is 23.8 Å². The third-order valence-corrected chi connectivity index (χ3v) is 2.31. The summed E-state index contributed by atoms with van der Waals surface area (Å²) in [5, 5.41) is 17.3. The summed E-state index contributed by atoms with van der Waals surface area (Å²) < 4.78 is -1.26. The van der Waals surface area contributed by atoms with Crippen LogP contribution in [0.4, 0.5) is 0 Å². The molecular formula is C8H8BO4S. The van der Waals surface area contributed by atoms with E-state index < -0.39 is 16.7 Å². The van der Waals surface area contributed by atoms with Crippen LogP contribution in [0, 0.1) is 0 Å². The van der Waals surface area contributed by atoms with Crippen LogP contribution in [0.3, 0.4) is 0 Å². The summed E-state index contributed by atoms with van der Waals surface area (Å²) in [7, 11) is 0. The number of hydrogen-bond donors (Lipinski definition) is 3. The number of carbonyl (C=O) groups is 2. The van der Waals surface area contributed by atoms with E-state index in [2.05, 4.69) is 12.6 Å². The van der Waals surface area contributed by atoms with E-state index in [1.54, 1.807) is 0 Å². The van der Waals surface area contributed by atoms with Crippen LogP contribution in [-0.4, -0.2) is 35.3 Å². The Morgan fingerprint density at radius 1 is 1.43 bits per heavy atom. The molecule has 0 heterocycles. The molecule has 4 nitrogen and oxygen atoms in total. The zero-order valence-corrected chi connectivity index (χ0v) is 8.07. The predicted molar refractivity (Wildman–Crippen MR) is 54.6 cm³/mol. The number of thiol groups is 1. The first-order valence-corrected chi connectivity index (χ1v) is 3.99. The predicted octanol–water partition coefficient (Wildman–Crippen LogP) is 0.330. The zero-order chi connectivity index (χ0) is 10.1. The second-order valence-electron chi connectivity index (χ2n) is 2.73. The minimum Gasteiger partial charge on any atom is -0.480 e. The molecule has 2 N–H and O–H groups in total. The largest absolute Gasteiger partial charge is 0.480 e. The molecule has 1 unspecified atom stereocenters. The van der Waals surface area contributed by atoms with Gasteiger partial charge >= 0.3 is 11.9 Å². The van der Waals surface area contributed by atoms with Crippen LogP contribution in [-0.2, 0) is 9.59 Å². The Labute approximate surface area is 88.3 Å². The molecule has 3 radical (unpaired) electrons. The van der Waals surface area contributed by atoms with Crippen LogP contribution in [0.15, 0.2) is 23.8 Å². The first kappa shape index (κ1) is 12.8. The standard InChI is InChI=1S/C8H8O4S.B/c9-6(10)5-1-3-8(13,4-2-5)7(11)12;/h1-3,13H,4H2,(H,9,10)(H,11,12);. The Morgan fingerprint density at radius 3 is 2.29 bits per heavy atom. The van der Waals surface area contributed by atoms with Crippen LogP contribution in [0.5, 0.6) is 0 Å². The maximum atomic E-state index is 10.6. The number of hydrogen-bond acceptors (Lipinski definition) is 3. The second-order valence-corrected chi connectivity index (χ2v) is 3.53. The Bertz CT molecular complexity index is 323. The van der Waals surface area contributed by atoms with E-state index >= 15 is 0 Å². The summed E-state index contributed by atoms with van der Waals surface area (Å²) in [6, 6.07) is 0. The summed E-state index contributed by atoms with van der Waals surface area (Å²) >= 11 is 3.93. The molecule has 14 heavy (non-hydrogen) atoms. The van der Waals surface area contributed by atoms with E-state index in [-0.39, 0.29) is 20.4 Å². The van der Waals surface area contributed by atoms with Crippen LogP contribution < -0.4 is 0 Å². The Kier molecular flexibility index (Phi) is 4.00. The first-order valence-electron chi connectivity index (χ1n) is 3.54. The van der Waals surface area contributed by atoms with Crippen LogP contribution in [0.25, 0.3) is 0 Å². The monoisotopic (exact) mass is 211 g/mol. The Hall–Kier alpha value is -1.17. The molecule has 0 aromatic carbocycles. The smallest absolute Gasteiger partial charge is 0.335 e. The summed E-state index contributed by atoms with van der Waals surface area (Å²) in [6.45, 7) is 0. The lowest BCUT2D eigenvalue weighted by atomic mass is 9.96. The molecule has 1 atom stereocenters. The average Bonchev–Trinajstić information content (AvgIpc) is 2.04. The van der Waals surface area contributed by atoms with E-state index in [4.69, 9.17) is 10.2 Å². The quantitative estimate of drug-likeness (QED) is 0.454. The van der Waals surface area contributed by atoms with E-state index in [1.807, 2.05) is 0 Å². The molecule has 1 aliphatic rings. The molecule has 6 heteroatoms. The molecule has 0 bridgehead atoms. The lowest BCUT2D eigenvalue weighted by Gasteiger charge is -2.20. The molecule has 0 amide bonds. The summed E-state index contributed by atoms with van der Waals surface area (Å²) in [5.74, 6) is -2.13. The van der Waals surface area contributed by atoms with Crippen molar-refractivity contribution in [2.24, 2.45) is 0 Å². The van der Waals surface area contributed by atoms with E-state index in [0.717, 1.165) is 0 Å². The minimum atomic E-state index is -1.26. The normalized spacial score (nSPS) is 24.8. The molecule has 0 saturated heterocycles.